The number of aromatic nitrogens is 1. The van der Waals surface area contributed by atoms with Crippen molar-refractivity contribution in [1.29, 1.82) is 5.41 Å². The zero-order valence-corrected chi connectivity index (χ0v) is 20.7. The van der Waals surface area contributed by atoms with Gasteiger partial charge in [0.15, 0.2) is 17.5 Å². The van der Waals surface area contributed by atoms with Gasteiger partial charge in [-0.3, -0.25) is 19.6 Å². The molecule has 1 saturated heterocycles. The Morgan fingerprint density at radius 2 is 2.14 bits per heavy atom. The number of hydrogen-bond donors (Lipinski definition) is 5. The monoisotopic (exact) mass is 539 g/mol. The molecule has 194 valence electrons. The lowest BCUT2D eigenvalue weighted by molar-refractivity contribution is -0.146. The minimum Gasteiger partial charge on any atom is -0.490 e. The van der Waals surface area contributed by atoms with Gasteiger partial charge in [-0.15, -0.1) is 11.3 Å². The molecule has 2 amide bonds. The van der Waals surface area contributed by atoms with Gasteiger partial charge in [0.1, 0.15) is 23.9 Å². The van der Waals surface area contributed by atoms with Crippen LogP contribution in [0.25, 0.3) is 0 Å². The van der Waals surface area contributed by atoms with Gasteiger partial charge in [0.2, 0.25) is 5.91 Å². The Balaban J connectivity index is 1.54. The summed E-state index contributed by atoms with van der Waals surface area (Å²) in [6.07, 6.45) is 0.151. The summed E-state index contributed by atoms with van der Waals surface area (Å²) in [4.78, 5) is 34.0. The van der Waals surface area contributed by atoms with Crippen LogP contribution in [0, 0.1) is 11.3 Å². The minimum atomic E-state index is -4.61. The van der Waals surface area contributed by atoms with E-state index < -0.39 is 34.1 Å². The summed E-state index contributed by atoms with van der Waals surface area (Å²) in [5.74, 6) is -1.66. The Morgan fingerprint density at radius 1 is 1.39 bits per heavy atom. The Bertz CT molecular complexity index is 1280. The van der Waals surface area contributed by atoms with Gasteiger partial charge in [-0.1, -0.05) is 17.3 Å². The van der Waals surface area contributed by atoms with Crippen molar-refractivity contribution in [3.63, 3.8) is 0 Å². The maximum Gasteiger partial charge on any atom is 0.362 e. The predicted molar refractivity (Wildman–Crippen MR) is 131 cm³/mol. The average Bonchev–Trinajstić information content (AvgIpc) is 3.23. The molecule has 1 fully saturated rings. The first-order valence-corrected chi connectivity index (χ1v) is 12.8. The van der Waals surface area contributed by atoms with Crippen LogP contribution in [0.1, 0.15) is 24.6 Å². The van der Waals surface area contributed by atoms with Crippen molar-refractivity contribution < 1.29 is 32.1 Å². The molecule has 7 N–H and O–H groups in total. The molecule has 2 unspecified atom stereocenters. The number of anilines is 1. The summed E-state index contributed by atoms with van der Waals surface area (Å²) < 4.78 is 37.4. The first kappa shape index (κ1) is 26.8. The zero-order valence-electron chi connectivity index (χ0n) is 19.1. The lowest BCUT2D eigenvalue weighted by Crippen LogP contribution is -2.61. The lowest BCUT2D eigenvalue weighted by Gasteiger charge is -2.42. The highest BCUT2D eigenvalue weighted by molar-refractivity contribution is 7.84. The highest BCUT2D eigenvalue weighted by Crippen LogP contribution is 2.31. The number of β-lactam (4-membered cyclic amide) rings is 1. The number of nitrogens with zero attached hydrogens (tertiary/aromatic N) is 3. The number of ether oxygens (including phenoxy) is 1. The van der Waals surface area contributed by atoms with Crippen LogP contribution < -0.4 is 21.5 Å². The van der Waals surface area contributed by atoms with E-state index >= 15 is 0 Å². The van der Waals surface area contributed by atoms with Gasteiger partial charge >= 0.3 is 10.3 Å². The van der Waals surface area contributed by atoms with E-state index in [2.05, 4.69) is 15.5 Å². The smallest absolute Gasteiger partial charge is 0.362 e. The Labute approximate surface area is 210 Å². The Kier molecular flexibility index (Phi) is 8.44. The molecule has 2 atom stereocenters. The number of amidine groups is 1. The maximum atomic E-state index is 12.7. The van der Waals surface area contributed by atoms with Crippen LogP contribution in [0.5, 0.6) is 5.75 Å². The molecular weight excluding hydrogens is 514 g/mol. The van der Waals surface area contributed by atoms with E-state index in [0.717, 1.165) is 11.3 Å². The predicted octanol–water partition coefficient (Wildman–Crippen LogP) is -0.0349. The molecule has 3 rings (SSSR count). The van der Waals surface area contributed by atoms with Crippen molar-refractivity contribution in [2.24, 2.45) is 16.8 Å². The molecular formula is C20H25N7O7S2. The number of carbonyl (C=O) groups excluding carboxylic acids is 2. The number of thiazole rings is 1. The molecule has 1 aromatic carbocycles. The zero-order chi connectivity index (χ0) is 26.5. The molecule has 1 aromatic heterocycles. The highest BCUT2D eigenvalue weighted by atomic mass is 32.2. The number of nitrogens with one attached hydrogen (secondary N) is 2. The van der Waals surface area contributed by atoms with Gasteiger partial charge in [0, 0.05) is 17.5 Å². The highest BCUT2D eigenvalue weighted by Gasteiger charge is 2.49. The number of rotatable bonds is 12. The number of nitrogens with two attached hydrogens (primary N) is 2. The number of carbonyl (C=O) groups is 2. The first-order valence-electron chi connectivity index (χ1n) is 10.6. The molecule has 0 radical (unpaired) electrons. The SMILES string of the molecule is CC1C(CCNC(=O)C(=NOCCOc2cccc(C(=N)N)c2)c2csc(N)n2)C(=O)N1S(=O)(=O)O. The van der Waals surface area contributed by atoms with E-state index in [1.165, 1.54) is 12.3 Å². The van der Waals surface area contributed by atoms with Crippen LogP contribution in [0.3, 0.4) is 0 Å². The Hall–Kier alpha value is -3.76. The third-order valence-electron chi connectivity index (χ3n) is 5.20. The van der Waals surface area contributed by atoms with E-state index in [9.17, 15) is 18.0 Å². The van der Waals surface area contributed by atoms with Crippen LogP contribution in [0.15, 0.2) is 34.8 Å². The van der Waals surface area contributed by atoms with Crippen molar-refractivity contribution in [3.8, 4) is 5.75 Å². The van der Waals surface area contributed by atoms with Crippen molar-refractivity contribution in [2.75, 3.05) is 25.5 Å². The third kappa shape index (κ3) is 6.46. The second-order valence-corrected chi connectivity index (χ2v) is 9.82. The summed E-state index contributed by atoms with van der Waals surface area (Å²) >= 11 is 1.11. The van der Waals surface area contributed by atoms with E-state index in [-0.39, 0.29) is 48.6 Å². The van der Waals surface area contributed by atoms with E-state index in [0.29, 0.717) is 15.6 Å². The number of benzene rings is 1. The molecule has 2 aromatic rings. The number of oxime groups is 1. The van der Waals surface area contributed by atoms with E-state index in [1.807, 2.05) is 0 Å². The summed E-state index contributed by atoms with van der Waals surface area (Å²) in [5, 5.41) is 15.7. The summed E-state index contributed by atoms with van der Waals surface area (Å²) in [6.45, 7) is 1.59. The molecule has 1 aliphatic rings. The second-order valence-electron chi connectivity index (χ2n) is 7.64. The van der Waals surface area contributed by atoms with E-state index in [1.54, 1.807) is 24.3 Å². The number of amides is 2. The largest absolute Gasteiger partial charge is 0.490 e. The van der Waals surface area contributed by atoms with Crippen LogP contribution in [-0.4, -0.2) is 71.4 Å². The van der Waals surface area contributed by atoms with Gasteiger partial charge in [0.25, 0.3) is 5.91 Å². The quantitative estimate of drug-likeness (QED) is 0.0604. The number of hydrogen-bond acceptors (Lipinski definition) is 11. The minimum absolute atomic E-state index is 0.0136. The van der Waals surface area contributed by atoms with Crippen molar-refractivity contribution >= 4 is 50.1 Å². The average molecular weight is 540 g/mol. The summed E-state index contributed by atoms with van der Waals surface area (Å²) in [5.41, 5.74) is 11.7. The van der Waals surface area contributed by atoms with Gasteiger partial charge < -0.3 is 26.4 Å². The van der Waals surface area contributed by atoms with Crippen molar-refractivity contribution in [3.05, 3.63) is 40.9 Å². The van der Waals surface area contributed by atoms with Gasteiger partial charge in [-0.2, -0.15) is 8.42 Å². The summed E-state index contributed by atoms with van der Waals surface area (Å²) in [7, 11) is -4.61. The van der Waals surface area contributed by atoms with E-state index in [4.69, 9.17) is 31.0 Å². The summed E-state index contributed by atoms with van der Waals surface area (Å²) in [6, 6.07) is 5.93. The van der Waals surface area contributed by atoms with Gasteiger partial charge in [0.05, 0.1) is 12.0 Å². The van der Waals surface area contributed by atoms with Gasteiger partial charge in [-0.05, 0) is 25.5 Å². The fourth-order valence-corrected chi connectivity index (χ4v) is 4.90. The lowest BCUT2D eigenvalue weighted by atomic mass is 9.89. The molecule has 0 bridgehead atoms. The molecule has 0 saturated carbocycles. The molecule has 0 spiro atoms. The van der Waals surface area contributed by atoms with Crippen molar-refractivity contribution in [1.82, 2.24) is 14.6 Å². The fraction of sp³-hybridized carbons (Fsp3) is 0.350. The molecule has 1 aliphatic heterocycles. The maximum absolute atomic E-state index is 12.7. The number of nitrogen functional groups attached to an aromatic ring is 2. The molecule has 0 aliphatic carbocycles. The molecule has 2 heterocycles. The standard InChI is InChI=1S/C20H25N7O7S2/c1-11-14(19(29)27(11)36(30,31)32)5-6-24-18(28)16(15-10-35-20(23)25-15)26-34-8-7-33-13-4-2-3-12(9-13)17(21)22/h2-4,9-11,14H,5-8H2,1H3,(H3,21,22)(H2,23,25)(H,24,28)(H,30,31,32). The Morgan fingerprint density at radius 3 is 2.75 bits per heavy atom. The van der Waals surface area contributed by atoms with Crippen LogP contribution in [0.4, 0.5) is 5.13 Å². The van der Waals surface area contributed by atoms with Crippen LogP contribution >= 0.6 is 11.3 Å². The molecule has 16 heteroatoms. The topological polar surface area (TPSA) is 223 Å². The normalized spacial score (nSPS) is 17.9. The van der Waals surface area contributed by atoms with Gasteiger partial charge in [-0.25, -0.2) is 9.29 Å². The second kappa shape index (κ2) is 11.3. The third-order valence-corrected chi connectivity index (χ3v) is 6.88. The van der Waals surface area contributed by atoms with Crippen LogP contribution in [-0.2, 0) is 24.7 Å². The first-order chi connectivity index (χ1) is 17.0. The molecule has 36 heavy (non-hydrogen) atoms. The van der Waals surface area contributed by atoms with Crippen LogP contribution in [0.2, 0.25) is 0 Å². The molecule has 14 nitrogen and oxygen atoms in total. The van der Waals surface area contributed by atoms with Crippen molar-refractivity contribution in [2.45, 2.75) is 19.4 Å². The fourth-order valence-electron chi connectivity index (χ4n) is 3.43.